The first-order chi connectivity index (χ1) is 18.6. The minimum Gasteiger partial charge on any atom is -0.462 e. The van der Waals surface area contributed by atoms with Gasteiger partial charge in [-0.3, -0.25) is 34.3 Å². The summed E-state index contributed by atoms with van der Waals surface area (Å²) < 4.78 is 5.32. The number of fused-ring (bicyclic) bond motifs is 3. The summed E-state index contributed by atoms with van der Waals surface area (Å²) in [5.74, 6) is -3.86. The molecule has 3 amide bonds. The van der Waals surface area contributed by atoms with Crippen LogP contribution in [0.25, 0.3) is 0 Å². The van der Waals surface area contributed by atoms with Crippen LogP contribution in [-0.2, 0) is 29.3 Å². The molecule has 3 aliphatic heterocycles. The van der Waals surface area contributed by atoms with Crippen molar-refractivity contribution in [2.24, 2.45) is 11.7 Å². The van der Waals surface area contributed by atoms with E-state index < -0.39 is 45.3 Å². The Bertz CT molecular complexity index is 1530. The number of amides is 3. The van der Waals surface area contributed by atoms with Gasteiger partial charge in [0.25, 0.3) is 17.5 Å². The fourth-order valence-corrected chi connectivity index (χ4v) is 5.46. The minimum atomic E-state index is -2.27. The summed E-state index contributed by atoms with van der Waals surface area (Å²) >= 11 is 0. The number of nitro benzene ring substituents is 1. The molecule has 1 atom stereocenters. The van der Waals surface area contributed by atoms with Crippen molar-refractivity contribution in [2.75, 3.05) is 23.4 Å². The lowest BCUT2D eigenvalue weighted by Gasteiger charge is -2.39. The quantitative estimate of drug-likeness (QED) is 0.246. The highest BCUT2D eigenvalue weighted by molar-refractivity contribution is 6.31. The van der Waals surface area contributed by atoms with Gasteiger partial charge in [-0.1, -0.05) is 44.2 Å². The third-order valence-electron chi connectivity index (χ3n) is 6.88. The maximum absolute atomic E-state index is 14.1. The van der Waals surface area contributed by atoms with Crippen molar-refractivity contribution in [1.29, 1.82) is 0 Å². The predicted molar refractivity (Wildman–Crippen MR) is 139 cm³/mol. The molecule has 3 heterocycles. The normalized spacial score (nSPS) is 20.2. The second-order valence-corrected chi connectivity index (χ2v) is 9.65. The number of rotatable bonds is 6. The number of hydrogen-bond donors (Lipinski definition) is 2. The Kier molecular flexibility index (Phi) is 5.97. The van der Waals surface area contributed by atoms with Gasteiger partial charge in [0.2, 0.25) is 5.91 Å². The number of nitrogens with zero attached hydrogens (tertiary/aromatic N) is 3. The molecule has 2 aromatic carbocycles. The molecule has 39 heavy (non-hydrogen) atoms. The smallest absolute Gasteiger partial charge is 0.339 e. The number of para-hydroxylation sites is 2. The zero-order chi connectivity index (χ0) is 28.2. The Balaban J connectivity index is 1.93. The molecule has 2 aromatic rings. The van der Waals surface area contributed by atoms with Crippen LogP contribution in [0.15, 0.2) is 71.2 Å². The molecule has 3 N–H and O–H groups in total. The number of esters is 1. The van der Waals surface area contributed by atoms with E-state index in [0.717, 1.165) is 4.90 Å². The third-order valence-corrected chi connectivity index (χ3v) is 6.88. The lowest BCUT2D eigenvalue weighted by Crippen LogP contribution is -2.51. The van der Waals surface area contributed by atoms with E-state index in [0.29, 0.717) is 5.69 Å². The molecule has 12 nitrogen and oxygen atoms in total. The molecule has 200 valence electrons. The Labute approximate surface area is 222 Å². The van der Waals surface area contributed by atoms with Crippen molar-refractivity contribution in [3.63, 3.8) is 0 Å². The van der Waals surface area contributed by atoms with Crippen molar-refractivity contribution < 1.29 is 28.8 Å². The zero-order valence-corrected chi connectivity index (χ0v) is 21.4. The highest BCUT2D eigenvalue weighted by Crippen LogP contribution is 2.57. The van der Waals surface area contributed by atoms with Crippen molar-refractivity contribution in [1.82, 2.24) is 4.90 Å². The number of nitro groups is 1. The standard InChI is InChI=1S/C27H25N5O7/c1-4-39-25(35)19-22(28)31(15-9-6-5-7-10-15)21-18(23(33)30(24(21)34)13-14(2)3)27(19)16-11-8-12-17(32(37)38)20(16)29-26(27)36/h5-12,14H,4,13,28H2,1-3H3,(H,29,36)/t27-/m0/s1. The number of ether oxygens (including phenoxy) is 1. The summed E-state index contributed by atoms with van der Waals surface area (Å²) in [7, 11) is 0. The molecule has 0 bridgehead atoms. The number of carbonyl (C=O) groups excluding carboxylic acids is 4. The van der Waals surface area contributed by atoms with E-state index in [4.69, 9.17) is 10.5 Å². The molecule has 0 saturated heterocycles. The first-order valence-corrected chi connectivity index (χ1v) is 12.3. The molecule has 0 unspecified atom stereocenters. The molecule has 0 aliphatic carbocycles. The van der Waals surface area contributed by atoms with Crippen molar-refractivity contribution in [3.8, 4) is 0 Å². The molecule has 12 heteroatoms. The highest BCUT2D eigenvalue weighted by Gasteiger charge is 2.66. The summed E-state index contributed by atoms with van der Waals surface area (Å²) in [6.07, 6.45) is 0. The lowest BCUT2D eigenvalue weighted by atomic mass is 9.66. The first-order valence-electron chi connectivity index (χ1n) is 12.3. The maximum atomic E-state index is 14.1. The topological polar surface area (TPSA) is 165 Å². The average Bonchev–Trinajstić information content (AvgIpc) is 3.30. The second-order valence-electron chi connectivity index (χ2n) is 9.65. The molecule has 3 aliphatic rings. The lowest BCUT2D eigenvalue weighted by molar-refractivity contribution is -0.383. The Morgan fingerprint density at radius 3 is 2.41 bits per heavy atom. The number of anilines is 2. The summed E-state index contributed by atoms with van der Waals surface area (Å²) in [5.41, 5.74) is 3.15. The first kappa shape index (κ1) is 25.6. The summed E-state index contributed by atoms with van der Waals surface area (Å²) in [4.78, 5) is 69.2. The molecule has 0 radical (unpaired) electrons. The number of benzene rings is 2. The minimum absolute atomic E-state index is 0.0292. The monoisotopic (exact) mass is 531 g/mol. The van der Waals surface area contributed by atoms with Crippen LogP contribution in [0.3, 0.4) is 0 Å². The van der Waals surface area contributed by atoms with E-state index in [2.05, 4.69) is 5.32 Å². The van der Waals surface area contributed by atoms with Crippen molar-refractivity contribution >= 4 is 40.8 Å². The van der Waals surface area contributed by atoms with E-state index in [1.165, 1.54) is 23.1 Å². The largest absolute Gasteiger partial charge is 0.462 e. The second kappa shape index (κ2) is 9.08. The van der Waals surface area contributed by atoms with E-state index in [-0.39, 0.29) is 47.4 Å². The Morgan fingerprint density at radius 1 is 1.10 bits per heavy atom. The number of imide groups is 1. The van der Waals surface area contributed by atoms with Gasteiger partial charge in [0.15, 0.2) is 0 Å². The molecule has 0 aromatic heterocycles. The van der Waals surface area contributed by atoms with E-state index in [9.17, 15) is 29.3 Å². The molecular formula is C27H25N5O7. The van der Waals surface area contributed by atoms with Gasteiger partial charge >= 0.3 is 5.97 Å². The molecule has 1 spiro atoms. The van der Waals surface area contributed by atoms with Crippen LogP contribution in [0, 0.1) is 16.0 Å². The fourth-order valence-electron chi connectivity index (χ4n) is 5.46. The predicted octanol–water partition coefficient (Wildman–Crippen LogP) is 2.32. The summed E-state index contributed by atoms with van der Waals surface area (Å²) in [5, 5.41) is 14.4. The molecular weight excluding hydrogens is 506 g/mol. The SMILES string of the molecule is CCOC(=O)C1=C(N)N(c2ccccc2)C2=C(C(=O)N(CC(C)C)C2=O)[C@]12C(=O)Nc1c([N+](=O)[O-])cccc12. The number of nitrogens with one attached hydrogen (secondary N) is 1. The Hall–Kier alpha value is -5.00. The van der Waals surface area contributed by atoms with Gasteiger partial charge in [-0.05, 0) is 25.0 Å². The van der Waals surface area contributed by atoms with Gasteiger partial charge in [0.1, 0.15) is 28.2 Å². The van der Waals surface area contributed by atoms with Crippen LogP contribution >= 0.6 is 0 Å². The average molecular weight is 532 g/mol. The van der Waals surface area contributed by atoms with Crippen LogP contribution in [0.2, 0.25) is 0 Å². The summed E-state index contributed by atoms with van der Waals surface area (Å²) in [6, 6.07) is 12.3. The van der Waals surface area contributed by atoms with Gasteiger partial charge in [0.05, 0.1) is 17.1 Å². The van der Waals surface area contributed by atoms with Crippen LogP contribution in [0.5, 0.6) is 0 Å². The van der Waals surface area contributed by atoms with Gasteiger partial charge in [-0.25, -0.2) is 4.79 Å². The van der Waals surface area contributed by atoms with Crippen molar-refractivity contribution in [2.45, 2.75) is 26.2 Å². The van der Waals surface area contributed by atoms with Crippen LogP contribution in [0.1, 0.15) is 26.3 Å². The zero-order valence-electron chi connectivity index (χ0n) is 21.4. The van der Waals surface area contributed by atoms with Gasteiger partial charge in [0, 0.05) is 23.9 Å². The Morgan fingerprint density at radius 2 is 1.79 bits per heavy atom. The number of carbonyl (C=O) groups is 4. The maximum Gasteiger partial charge on any atom is 0.339 e. The summed E-state index contributed by atoms with van der Waals surface area (Å²) in [6.45, 7) is 5.15. The van der Waals surface area contributed by atoms with E-state index >= 15 is 0 Å². The van der Waals surface area contributed by atoms with Crippen LogP contribution in [0.4, 0.5) is 17.1 Å². The van der Waals surface area contributed by atoms with Gasteiger partial charge < -0.3 is 15.8 Å². The number of nitrogens with two attached hydrogens (primary N) is 1. The number of hydrogen-bond acceptors (Lipinski definition) is 9. The highest BCUT2D eigenvalue weighted by atomic mass is 16.6. The van der Waals surface area contributed by atoms with Crippen LogP contribution < -0.4 is 16.0 Å². The van der Waals surface area contributed by atoms with E-state index in [1.54, 1.807) is 37.3 Å². The van der Waals surface area contributed by atoms with Crippen molar-refractivity contribution in [3.05, 3.63) is 86.9 Å². The molecule has 0 saturated carbocycles. The van der Waals surface area contributed by atoms with Gasteiger partial charge in [-0.2, -0.15) is 0 Å². The van der Waals surface area contributed by atoms with Crippen LogP contribution in [-0.4, -0.2) is 46.7 Å². The van der Waals surface area contributed by atoms with Gasteiger partial charge in [-0.15, -0.1) is 0 Å². The fraction of sp³-hybridized carbons (Fsp3) is 0.259. The third kappa shape index (κ3) is 3.44. The molecule has 0 fully saturated rings. The molecule has 5 rings (SSSR count). The van der Waals surface area contributed by atoms with E-state index in [1.807, 2.05) is 13.8 Å².